The van der Waals surface area contributed by atoms with E-state index in [4.69, 9.17) is 0 Å². The molecule has 7 atom stereocenters. The van der Waals surface area contributed by atoms with Gasteiger partial charge >= 0.3 is 0 Å². The fourth-order valence-electron chi connectivity index (χ4n) is 8.53. The van der Waals surface area contributed by atoms with Gasteiger partial charge in [0, 0.05) is 0 Å². The minimum atomic E-state index is 0.587. The van der Waals surface area contributed by atoms with Crippen LogP contribution in [0, 0.1) is 46.3 Å². The Labute approximate surface area is 176 Å². The summed E-state index contributed by atoms with van der Waals surface area (Å²) >= 11 is 0. The first kappa shape index (κ1) is 21.0. The van der Waals surface area contributed by atoms with E-state index in [0.29, 0.717) is 10.8 Å². The molecule has 0 nitrogen and oxygen atoms in total. The molecular weight excluding hydrogens is 336 g/mol. The summed E-state index contributed by atoms with van der Waals surface area (Å²) in [5.74, 6) is 5.56. The molecule has 0 N–H and O–H groups in total. The summed E-state index contributed by atoms with van der Waals surface area (Å²) in [6.07, 6.45) is 17.8. The van der Waals surface area contributed by atoms with Crippen molar-refractivity contribution in [3.8, 4) is 0 Å². The van der Waals surface area contributed by atoms with Crippen LogP contribution in [0.2, 0.25) is 0 Å². The predicted molar refractivity (Wildman–Crippen MR) is 122 cm³/mol. The van der Waals surface area contributed by atoms with Crippen molar-refractivity contribution < 1.29 is 0 Å². The van der Waals surface area contributed by atoms with Crippen LogP contribution in [0.5, 0.6) is 0 Å². The number of allylic oxidation sites excluding steroid dienone is 2. The lowest BCUT2D eigenvalue weighted by atomic mass is 9.50. The van der Waals surface area contributed by atoms with Gasteiger partial charge in [-0.2, -0.15) is 0 Å². The Morgan fingerprint density at radius 2 is 1.64 bits per heavy atom. The van der Waals surface area contributed by atoms with Gasteiger partial charge in [0.15, 0.2) is 0 Å². The van der Waals surface area contributed by atoms with Crippen LogP contribution < -0.4 is 0 Å². The Morgan fingerprint density at radius 1 is 0.857 bits per heavy atom. The molecule has 2 saturated carbocycles. The molecule has 0 aromatic rings. The first-order chi connectivity index (χ1) is 13.3. The van der Waals surface area contributed by atoms with Crippen molar-refractivity contribution in [3.63, 3.8) is 0 Å². The SMILES string of the molecule is CC(C)[C@@H](C)CC[C@@H](C)[C@H]1CC[C@H]2C3=C(CC[C@]12C)[C@@]1(C)CCCCC1CC3. The fourth-order valence-corrected chi connectivity index (χ4v) is 8.53. The zero-order chi connectivity index (χ0) is 20.1. The van der Waals surface area contributed by atoms with E-state index in [1.165, 1.54) is 77.0 Å². The molecule has 28 heavy (non-hydrogen) atoms. The summed E-state index contributed by atoms with van der Waals surface area (Å²) in [6, 6.07) is 0. The van der Waals surface area contributed by atoms with Crippen molar-refractivity contribution in [1.82, 2.24) is 0 Å². The van der Waals surface area contributed by atoms with E-state index in [9.17, 15) is 0 Å². The van der Waals surface area contributed by atoms with Gasteiger partial charge in [0.05, 0.1) is 0 Å². The molecule has 4 rings (SSSR count). The Hall–Kier alpha value is -0.260. The van der Waals surface area contributed by atoms with Gasteiger partial charge in [-0.15, -0.1) is 0 Å². The van der Waals surface area contributed by atoms with Crippen LogP contribution in [0.1, 0.15) is 119 Å². The van der Waals surface area contributed by atoms with Crippen LogP contribution in [-0.4, -0.2) is 0 Å². The second-order valence-corrected chi connectivity index (χ2v) is 12.4. The summed E-state index contributed by atoms with van der Waals surface area (Å²) in [6.45, 7) is 15.3. The Balaban J connectivity index is 1.52. The van der Waals surface area contributed by atoms with E-state index in [2.05, 4.69) is 41.5 Å². The summed E-state index contributed by atoms with van der Waals surface area (Å²) in [7, 11) is 0. The second-order valence-electron chi connectivity index (χ2n) is 12.4. The van der Waals surface area contributed by atoms with Crippen LogP contribution in [0.3, 0.4) is 0 Å². The van der Waals surface area contributed by atoms with E-state index in [1.807, 2.05) is 11.1 Å². The van der Waals surface area contributed by atoms with Crippen molar-refractivity contribution >= 4 is 0 Å². The van der Waals surface area contributed by atoms with Gasteiger partial charge in [-0.1, -0.05) is 78.4 Å². The summed E-state index contributed by atoms with van der Waals surface area (Å²) in [5.41, 5.74) is 5.19. The summed E-state index contributed by atoms with van der Waals surface area (Å²) in [4.78, 5) is 0. The minimum absolute atomic E-state index is 0.587. The molecule has 4 aliphatic carbocycles. The molecule has 0 aliphatic heterocycles. The van der Waals surface area contributed by atoms with Crippen LogP contribution in [0.25, 0.3) is 0 Å². The number of rotatable bonds is 5. The average Bonchev–Trinajstić information content (AvgIpc) is 3.02. The molecule has 0 amide bonds. The van der Waals surface area contributed by atoms with Gasteiger partial charge in [0.25, 0.3) is 0 Å². The highest BCUT2D eigenvalue weighted by Crippen LogP contribution is 2.66. The summed E-state index contributed by atoms with van der Waals surface area (Å²) < 4.78 is 0. The third-order valence-electron chi connectivity index (χ3n) is 10.9. The van der Waals surface area contributed by atoms with E-state index >= 15 is 0 Å². The monoisotopic (exact) mass is 384 g/mol. The third kappa shape index (κ3) is 3.33. The Bertz CT molecular complexity index is 597. The number of fused-ring (bicyclic) bond motifs is 4. The smallest absolute Gasteiger partial charge is 0.00852 e. The standard InChI is InChI=1S/C28H48/c1-19(2)20(3)10-11-21(4)24-14-15-25-23-13-12-22-9-7-8-17-27(22,5)26(23)16-18-28(24,25)6/h19-22,24-25H,7-18H2,1-6H3/t20-,21+,22?,24+,25-,27-,28+/m0/s1. The largest absolute Gasteiger partial charge is 0.0668 e. The normalized spacial score (nSPS) is 42.8. The quantitative estimate of drug-likeness (QED) is 0.415. The first-order valence-corrected chi connectivity index (χ1v) is 13.0. The average molecular weight is 385 g/mol. The molecule has 4 aliphatic rings. The number of hydrogen-bond donors (Lipinski definition) is 0. The maximum atomic E-state index is 2.72. The summed E-state index contributed by atoms with van der Waals surface area (Å²) in [5, 5.41) is 0. The van der Waals surface area contributed by atoms with Crippen LogP contribution >= 0.6 is 0 Å². The molecule has 0 bridgehead atoms. The molecular formula is C28H48. The molecule has 1 unspecified atom stereocenters. The Morgan fingerprint density at radius 3 is 2.39 bits per heavy atom. The predicted octanol–water partition coefficient (Wildman–Crippen LogP) is 8.81. The van der Waals surface area contributed by atoms with Gasteiger partial charge in [-0.25, -0.2) is 0 Å². The highest BCUT2D eigenvalue weighted by Gasteiger charge is 2.55. The van der Waals surface area contributed by atoms with Crippen molar-refractivity contribution in [2.75, 3.05) is 0 Å². The minimum Gasteiger partial charge on any atom is -0.0668 e. The zero-order valence-electron chi connectivity index (χ0n) is 19.9. The Kier molecular flexibility index (Phi) is 5.83. The van der Waals surface area contributed by atoms with Crippen molar-refractivity contribution in [2.24, 2.45) is 46.3 Å². The highest BCUT2D eigenvalue weighted by atomic mass is 14.6. The van der Waals surface area contributed by atoms with E-state index in [0.717, 1.165) is 35.5 Å². The molecule has 0 heterocycles. The third-order valence-corrected chi connectivity index (χ3v) is 10.9. The topological polar surface area (TPSA) is 0 Å². The lowest BCUT2D eigenvalue weighted by molar-refractivity contribution is 0.0650. The van der Waals surface area contributed by atoms with E-state index in [1.54, 1.807) is 0 Å². The van der Waals surface area contributed by atoms with E-state index in [-0.39, 0.29) is 0 Å². The zero-order valence-corrected chi connectivity index (χ0v) is 19.9. The van der Waals surface area contributed by atoms with Gasteiger partial charge in [-0.05, 0) is 97.7 Å². The molecule has 2 fully saturated rings. The number of hydrogen-bond acceptors (Lipinski definition) is 0. The highest BCUT2D eigenvalue weighted by molar-refractivity contribution is 5.34. The van der Waals surface area contributed by atoms with Crippen molar-refractivity contribution in [1.29, 1.82) is 0 Å². The van der Waals surface area contributed by atoms with Crippen LogP contribution in [0.4, 0.5) is 0 Å². The van der Waals surface area contributed by atoms with Crippen LogP contribution in [-0.2, 0) is 0 Å². The lowest BCUT2D eigenvalue weighted by Crippen LogP contribution is -2.43. The molecule has 0 spiro atoms. The van der Waals surface area contributed by atoms with E-state index < -0.39 is 0 Å². The molecule has 160 valence electrons. The maximum Gasteiger partial charge on any atom is -0.00852 e. The molecule has 0 radical (unpaired) electrons. The van der Waals surface area contributed by atoms with Crippen molar-refractivity contribution in [2.45, 2.75) is 119 Å². The molecule has 0 heteroatoms. The van der Waals surface area contributed by atoms with Crippen LogP contribution in [0.15, 0.2) is 11.1 Å². The fraction of sp³-hybridized carbons (Fsp3) is 0.929. The molecule has 0 aromatic carbocycles. The second kappa shape index (κ2) is 7.77. The van der Waals surface area contributed by atoms with Crippen molar-refractivity contribution in [3.05, 3.63) is 11.1 Å². The van der Waals surface area contributed by atoms with Gasteiger partial charge in [0.1, 0.15) is 0 Å². The van der Waals surface area contributed by atoms with Gasteiger partial charge in [-0.3, -0.25) is 0 Å². The molecule has 0 saturated heterocycles. The first-order valence-electron chi connectivity index (χ1n) is 13.0. The maximum absolute atomic E-state index is 2.72. The van der Waals surface area contributed by atoms with Gasteiger partial charge in [0.2, 0.25) is 0 Å². The van der Waals surface area contributed by atoms with Gasteiger partial charge < -0.3 is 0 Å². The molecule has 0 aromatic heterocycles. The lowest BCUT2D eigenvalue weighted by Gasteiger charge is -2.54.